The SMILES string of the molecule is N#CC(C(=O)c1cc2sc3ccccc3c2s1)c1nc2ccccc2n1C(F)F. The van der Waals surface area contributed by atoms with Gasteiger partial charge in [0.1, 0.15) is 5.82 Å². The zero-order valence-corrected chi connectivity index (χ0v) is 16.3. The van der Waals surface area contributed by atoms with Crippen molar-refractivity contribution >= 4 is 59.0 Å². The third-order valence-electron chi connectivity index (χ3n) is 4.76. The van der Waals surface area contributed by atoms with Gasteiger partial charge in [-0.25, -0.2) is 4.98 Å². The molecule has 0 saturated carbocycles. The fourth-order valence-corrected chi connectivity index (χ4v) is 5.96. The molecule has 142 valence electrons. The van der Waals surface area contributed by atoms with Crippen molar-refractivity contribution in [1.29, 1.82) is 5.26 Å². The molecular formula is C21H11F2N3OS2. The number of carbonyl (C=O) groups excluding carboxylic acids is 1. The van der Waals surface area contributed by atoms with Gasteiger partial charge in [0.25, 0.3) is 0 Å². The number of thiophene rings is 2. The van der Waals surface area contributed by atoms with Crippen LogP contribution in [0.5, 0.6) is 0 Å². The van der Waals surface area contributed by atoms with E-state index in [0.29, 0.717) is 15.0 Å². The second-order valence-corrected chi connectivity index (χ2v) is 8.57. The Morgan fingerprint density at radius 1 is 1.07 bits per heavy atom. The molecule has 3 aromatic heterocycles. The summed E-state index contributed by atoms with van der Waals surface area (Å²) in [7, 11) is 0. The minimum atomic E-state index is -2.91. The molecule has 0 aliphatic carbocycles. The number of benzene rings is 2. The summed E-state index contributed by atoms with van der Waals surface area (Å²) < 4.78 is 31.2. The maximum absolute atomic E-state index is 13.8. The molecule has 0 N–H and O–H groups in total. The second-order valence-electron chi connectivity index (χ2n) is 6.43. The van der Waals surface area contributed by atoms with Crippen molar-refractivity contribution < 1.29 is 13.6 Å². The number of imidazole rings is 1. The van der Waals surface area contributed by atoms with Crippen molar-refractivity contribution in [2.24, 2.45) is 0 Å². The highest BCUT2D eigenvalue weighted by atomic mass is 32.1. The van der Waals surface area contributed by atoms with Gasteiger partial charge in [-0.1, -0.05) is 30.3 Å². The van der Waals surface area contributed by atoms with Gasteiger partial charge < -0.3 is 0 Å². The number of ketones is 1. The van der Waals surface area contributed by atoms with Crippen LogP contribution in [-0.4, -0.2) is 15.3 Å². The van der Waals surface area contributed by atoms with E-state index in [-0.39, 0.29) is 11.3 Å². The number of rotatable bonds is 4. The fourth-order valence-electron chi connectivity index (χ4n) is 3.47. The molecule has 0 amide bonds. The smallest absolute Gasteiger partial charge is 0.291 e. The molecule has 0 bridgehead atoms. The average molecular weight is 423 g/mol. The number of halogens is 2. The molecule has 0 radical (unpaired) electrons. The van der Waals surface area contributed by atoms with Crippen LogP contribution >= 0.6 is 22.7 Å². The van der Waals surface area contributed by atoms with Crippen molar-refractivity contribution in [2.45, 2.75) is 12.5 Å². The first-order valence-electron chi connectivity index (χ1n) is 8.68. The molecule has 2 aromatic carbocycles. The largest absolute Gasteiger partial charge is 0.320 e. The minimum absolute atomic E-state index is 0.198. The monoisotopic (exact) mass is 423 g/mol. The lowest BCUT2D eigenvalue weighted by atomic mass is 10.0. The van der Waals surface area contributed by atoms with Gasteiger partial charge in [-0.05, 0) is 24.3 Å². The summed E-state index contributed by atoms with van der Waals surface area (Å²) >= 11 is 2.85. The van der Waals surface area contributed by atoms with E-state index in [0.717, 1.165) is 19.5 Å². The van der Waals surface area contributed by atoms with Gasteiger partial charge in [0.2, 0.25) is 0 Å². The Labute approximate surface area is 171 Å². The van der Waals surface area contributed by atoms with Gasteiger partial charge in [0.15, 0.2) is 11.7 Å². The maximum atomic E-state index is 13.8. The second kappa shape index (κ2) is 6.72. The van der Waals surface area contributed by atoms with Crippen molar-refractivity contribution in [3.05, 3.63) is 65.3 Å². The van der Waals surface area contributed by atoms with E-state index in [9.17, 15) is 18.8 Å². The molecule has 0 aliphatic heterocycles. The van der Waals surface area contributed by atoms with E-state index in [2.05, 4.69) is 4.98 Å². The fraction of sp³-hybridized carbons (Fsp3) is 0.0952. The number of hydrogen-bond donors (Lipinski definition) is 0. The molecule has 0 fully saturated rings. The molecule has 4 nitrogen and oxygen atoms in total. The zero-order chi connectivity index (χ0) is 20.1. The maximum Gasteiger partial charge on any atom is 0.320 e. The van der Waals surface area contributed by atoms with Crippen molar-refractivity contribution in [3.63, 3.8) is 0 Å². The van der Waals surface area contributed by atoms with Crippen LogP contribution in [0.3, 0.4) is 0 Å². The lowest BCUT2D eigenvalue weighted by molar-refractivity contribution is 0.0701. The first-order valence-corrected chi connectivity index (χ1v) is 10.3. The Balaban J connectivity index is 1.63. The quantitative estimate of drug-likeness (QED) is 0.316. The lowest BCUT2D eigenvalue weighted by Gasteiger charge is -2.10. The van der Waals surface area contributed by atoms with Crippen molar-refractivity contribution in [2.75, 3.05) is 0 Å². The summed E-state index contributed by atoms with van der Waals surface area (Å²) in [5, 5.41) is 10.7. The van der Waals surface area contributed by atoms with Crippen LogP contribution in [0, 0.1) is 11.3 Å². The van der Waals surface area contributed by atoms with E-state index in [1.807, 2.05) is 30.3 Å². The van der Waals surface area contributed by atoms with E-state index in [1.165, 1.54) is 17.4 Å². The van der Waals surface area contributed by atoms with Gasteiger partial charge in [0.05, 0.1) is 26.7 Å². The van der Waals surface area contributed by atoms with Crippen LogP contribution in [0.1, 0.15) is 28.0 Å². The number of carbonyl (C=O) groups is 1. The molecule has 1 unspecified atom stereocenters. The Bertz CT molecular complexity index is 1440. The topological polar surface area (TPSA) is 58.7 Å². The summed E-state index contributed by atoms with van der Waals surface area (Å²) in [6.07, 6.45) is 0. The summed E-state index contributed by atoms with van der Waals surface area (Å²) in [5.74, 6) is -2.15. The molecule has 0 spiro atoms. The van der Waals surface area contributed by atoms with E-state index < -0.39 is 18.3 Å². The standard InChI is InChI=1S/C21H11F2N3OS2/c22-21(23)26-14-7-3-2-6-13(14)25-20(26)12(10-24)18(27)16-9-17-19(29-16)11-5-1-4-8-15(11)28-17/h1-9,12,21H. The summed E-state index contributed by atoms with van der Waals surface area (Å²) in [5.41, 5.74) is 0.526. The van der Waals surface area contributed by atoms with E-state index in [4.69, 9.17) is 0 Å². The third-order valence-corrected chi connectivity index (χ3v) is 7.19. The molecule has 5 rings (SSSR count). The highest BCUT2D eigenvalue weighted by Gasteiger charge is 2.31. The van der Waals surface area contributed by atoms with Gasteiger partial charge in [-0.3, -0.25) is 9.36 Å². The molecule has 0 aliphatic rings. The van der Waals surface area contributed by atoms with Crippen molar-refractivity contribution in [1.82, 2.24) is 9.55 Å². The van der Waals surface area contributed by atoms with Crippen LogP contribution in [0.2, 0.25) is 0 Å². The van der Waals surface area contributed by atoms with E-state index >= 15 is 0 Å². The van der Waals surface area contributed by atoms with Crippen LogP contribution in [-0.2, 0) is 0 Å². The highest BCUT2D eigenvalue weighted by molar-refractivity contribution is 7.33. The minimum Gasteiger partial charge on any atom is -0.291 e. The Morgan fingerprint density at radius 2 is 1.83 bits per heavy atom. The predicted molar refractivity (Wildman–Crippen MR) is 111 cm³/mol. The molecular weight excluding hydrogens is 412 g/mol. The van der Waals surface area contributed by atoms with Gasteiger partial charge in [-0.2, -0.15) is 14.0 Å². The molecule has 29 heavy (non-hydrogen) atoms. The summed E-state index contributed by atoms with van der Waals surface area (Å²) in [4.78, 5) is 17.7. The first kappa shape index (κ1) is 17.9. The van der Waals surface area contributed by atoms with Gasteiger partial charge in [0, 0.05) is 14.8 Å². The van der Waals surface area contributed by atoms with Crippen LogP contribution in [0.4, 0.5) is 8.78 Å². The number of Topliss-reactive ketones (excluding diaryl/α,β-unsaturated/α-hetero) is 1. The first-order chi connectivity index (χ1) is 14.1. The Kier molecular flexibility index (Phi) is 4.15. The molecule has 8 heteroatoms. The van der Waals surface area contributed by atoms with Gasteiger partial charge in [-0.15, -0.1) is 22.7 Å². The van der Waals surface area contributed by atoms with Crippen molar-refractivity contribution in [3.8, 4) is 6.07 Å². The van der Waals surface area contributed by atoms with Crippen LogP contribution in [0.15, 0.2) is 54.6 Å². The number of nitriles is 1. The zero-order valence-electron chi connectivity index (χ0n) is 14.7. The number of aromatic nitrogens is 2. The number of alkyl halides is 2. The number of fused-ring (bicyclic) bond motifs is 4. The molecule has 5 aromatic rings. The van der Waals surface area contributed by atoms with Gasteiger partial charge >= 0.3 is 6.55 Å². The third kappa shape index (κ3) is 2.74. The number of hydrogen-bond acceptors (Lipinski definition) is 5. The Morgan fingerprint density at radius 3 is 2.62 bits per heavy atom. The summed E-state index contributed by atoms with van der Waals surface area (Å²) in [6.45, 7) is -2.91. The predicted octanol–water partition coefficient (Wildman–Crippen LogP) is 6.35. The number of para-hydroxylation sites is 2. The highest BCUT2D eigenvalue weighted by Crippen LogP contribution is 2.40. The average Bonchev–Trinajstić information content (AvgIpc) is 3.38. The Hall–Kier alpha value is -3.15. The summed E-state index contributed by atoms with van der Waals surface area (Å²) in [6, 6.07) is 17.9. The lowest BCUT2D eigenvalue weighted by Crippen LogP contribution is -2.16. The van der Waals surface area contributed by atoms with E-state index in [1.54, 1.807) is 35.6 Å². The normalized spacial score (nSPS) is 12.8. The van der Waals surface area contributed by atoms with Crippen LogP contribution in [0.25, 0.3) is 30.5 Å². The van der Waals surface area contributed by atoms with Crippen LogP contribution < -0.4 is 0 Å². The molecule has 3 heterocycles. The molecule has 0 saturated heterocycles. The number of nitrogens with zero attached hydrogens (tertiary/aromatic N) is 3. The molecule has 1 atom stereocenters.